The molecular formula is C18H26ClNO4. The summed E-state index contributed by atoms with van der Waals surface area (Å²) in [5.41, 5.74) is 2.15. The molecule has 24 heavy (non-hydrogen) atoms. The fourth-order valence-electron chi connectivity index (χ4n) is 3.02. The minimum absolute atomic E-state index is 0.135. The summed E-state index contributed by atoms with van der Waals surface area (Å²) in [5, 5.41) is 17.9. The zero-order valence-corrected chi connectivity index (χ0v) is 15.0. The molecule has 1 aromatic carbocycles. The molecule has 1 aliphatic carbocycles. The van der Waals surface area contributed by atoms with Crippen LogP contribution in [0.2, 0.25) is 5.02 Å². The van der Waals surface area contributed by atoms with Gasteiger partial charge in [-0.1, -0.05) is 31.0 Å². The molecule has 134 valence electrons. The number of carbonyl (C=O) groups excluding carboxylic acids is 1. The lowest BCUT2D eigenvalue weighted by atomic mass is 9.84. The van der Waals surface area contributed by atoms with E-state index < -0.39 is 6.16 Å². The molecule has 0 bridgehead atoms. The molecule has 0 heterocycles. The summed E-state index contributed by atoms with van der Waals surface area (Å²) >= 11 is 5.94. The van der Waals surface area contributed by atoms with Crippen LogP contribution in [0.15, 0.2) is 18.2 Å². The van der Waals surface area contributed by atoms with Gasteiger partial charge in [0.1, 0.15) is 0 Å². The Morgan fingerprint density at radius 2 is 1.79 bits per heavy atom. The summed E-state index contributed by atoms with van der Waals surface area (Å²) in [7, 11) is 0. The first-order valence-electron chi connectivity index (χ1n) is 8.28. The van der Waals surface area contributed by atoms with Gasteiger partial charge in [0.05, 0.1) is 6.42 Å². The lowest BCUT2D eigenvalue weighted by Gasteiger charge is -2.28. The number of aryl methyl sites for hydroxylation is 1. The molecule has 0 atom stereocenters. The van der Waals surface area contributed by atoms with Gasteiger partial charge in [-0.3, -0.25) is 4.79 Å². The fourth-order valence-corrected chi connectivity index (χ4v) is 3.25. The van der Waals surface area contributed by atoms with Gasteiger partial charge in [-0.15, -0.1) is 0 Å². The third-order valence-corrected chi connectivity index (χ3v) is 4.68. The van der Waals surface area contributed by atoms with E-state index >= 15 is 0 Å². The number of nitrogens with one attached hydrogen (secondary N) is 1. The third-order valence-electron chi connectivity index (χ3n) is 4.44. The highest BCUT2D eigenvalue weighted by Gasteiger charge is 2.21. The van der Waals surface area contributed by atoms with E-state index in [1.54, 1.807) is 0 Å². The van der Waals surface area contributed by atoms with Crippen molar-refractivity contribution >= 4 is 23.7 Å². The van der Waals surface area contributed by atoms with Gasteiger partial charge < -0.3 is 15.5 Å². The van der Waals surface area contributed by atoms with Crippen molar-refractivity contribution in [3.8, 4) is 0 Å². The van der Waals surface area contributed by atoms with Crippen molar-refractivity contribution in [1.29, 1.82) is 0 Å². The van der Waals surface area contributed by atoms with Crippen LogP contribution < -0.4 is 5.32 Å². The van der Waals surface area contributed by atoms with Gasteiger partial charge in [-0.05, 0) is 61.8 Å². The van der Waals surface area contributed by atoms with E-state index in [0.717, 1.165) is 34.9 Å². The third kappa shape index (κ3) is 7.68. The minimum atomic E-state index is -1.83. The Morgan fingerprint density at radius 3 is 2.29 bits per heavy atom. The number of hydrogen-bond donors (Lipinski definition) is 3. The van der Waals surface area contributed by atoms with Crippen LogP contribution in [-0.4, -0.2) is 28.3 Å². The largest absolute Gasteiger partial charge is 0.503 e. The van der Waals surface area contributed by atoms with E-state index in [-0.39, 0.29) is 5.91 Å². The second-order valence-corrected chi connectivity index (χ2v) is 6.66. The van der Waals surface area contributed by atoms with Crippen LogP contribution in [-0.2, 0) is 11.2 Å². The average molecular weight is 356 g/mol. The first-order chi connectivity index (χ1) is 11.3. The van der Waals surface area contributed by atoms with Crippen molar-refractivity contribution in [3.05, 3.63) is 34.3 Å². The summed E-state index contributed by atoms with van der Waals surface area (Å²) in [6, 6.07) is 6.09. The van der Waals surface area contributed by atoms with Crippen LogP contribution in [0.1, 0.15) is 50.2 Å². The Morgan fingerprint density at radius 1 is 1.21 bits per heavy atom. The standard InChI is InChI=1S/C17H24ClNO.CH2O3/c1-3-13-4-8-16(9-5-13)19-17(20)11-14-6-7-15(18)10-12(14)2;2-1(3)4/h6-7,10,13,16H,3-5,8-9,11H2,1-2H3,(H,19,20);(H2,2,3,4). The summed E-state index contributed by atoms with van der Waals surface area (Å²) in [4.78, 5) is 20.7. The second kappa shape index (κ2) is 10.2. The average Bonchev–Trinajstić information content (AvgIpc) is 2.50. The van der Waals surface area contributed by atoms with Crippen molar-refractivity contribution in [1.82, 2.24) is 5.32 Å². The van der Waals surface area contributed by atoms with E-state index in [9.17, 15) is 4.79 Å². The molecule has 2 rings (SSSR count). The van der Waals surface area contributed by atoms with Crippen LogP contribution in [0.4, 0.5) is 4.79 Å². The fraction of sp³-hybridized carbons (Fsp3) is 0.556. The molecule has 1 saturated carbocycles. The normalized spacial score (nSPS) is 19.8. The van der Waals surface area contributed by atoms with Gasteiger partial charge in [0, 0.05) is 11.1 Å². The van der Waals surface area contributed by atoms with Crippen molar-refractivity contribution in [2.45, 2.75) is 58.4 Å². The van der Waals surface area contributed by atoms with E-state index in [4.69, 9.17) is 26.6 Å². The maximum atomic E-state index is 12.1. The highest BCUT2D eigenvalue weighted by Crippen LogP contribution is 2.26. The Labute approximate surface area is 148 Å². The molecule has 5 nitrogen and oxygen atoms in total. The minimum Gasteiger partial charge on any atom is -0.450 e. The SMILES string of the molecule is CCC1CCC(NC(=O)Cc2ccc(Cl)cc2C)CC1.O=C(O)O. The predicted octanol–water partition coefficient (Wildman–Crippen LogP) is 4.50. The molecule has 1 fully saturated rings. The second-order valence-electron chi connectivity index (χ2n) is 6.22. The van der Waals surface area contributed by atoms with Crippen molar-refractivity contribution < 1.29 is 19.8 Å². The maximum absolute atomic E-state index is 12.1. The van der Waals surface area contributed by atoms with Crippen LogP contribution in [0.3, 0.4) is 0 Å². The summed E-state index contributed by atoms with van der Waals surface area (Å²) in [6.45, 7) is 4.26. The topological polar surface area (TPSA) is 86.6 Å². The molecule has 0 radical (unpaired) electrons. The lowest BCUT2D eigenvalue weighted by molar-refractivity contribution is -0.121. The Kier molecular flexibility index (Phi) is 8.61. The van der Waals surface area contributed by atoms with E-state index in [2.05, 4.69) is 12.2 Å². The molecule has 0 saturated heterocycles. The molecule has 0 spiro atoms. The zero-order valence-electron chi connectivity index (χ0n) is 14.2. The maximum Gasteiger partial charge on any atom is 0.503 e. The van der Waals surface area contributed by atoms with Crippen molar-refractivity contribution in [3.63, 3.8) is 0 Å². The van der Waals surface area contributed by atoms with Crippen LogP contribution in [0.5, 0.6) is 0 Å². The number of halogens is 1. The highest BCUT2D eigenvalue weighted by atomic mass is 35.5. The van der Waals surface area contributed by atoms with E-state index in [1.807, 2.05) is 25.1 Å². The number of hydrogen-bond acceptors (Lipinski definition) is 2. The van der Waals surface area contributed by atoms with Gasteiger partial charge >= 0.3 is 6.16 Å². The number of carbonyl (C=O) groups is 2. The highest BCUT2D eigenvalue weighted by molar-refractivity contribution is 6.30. The molecule has 1 aromatic rings. The van der Waals surface area contributed by atoms with Crippen LogP contribution in [0.25, 0.3) is 0 Å². The quantitative estimate of drug-likeness (QED) is 0.742. The van der Waals surface area contributed by atoms with Crippen molar-refractivity contribution in [2.75, 3.05) is 0 Å². The summed E-state index contributed by atoms with van der Waals surface area (Å²) in [5.74, 6) is 0.997. The van der Waals surface area contributed by atoms with Gasteiger partial charge in [0.2, 0.25) is 5.91 Å². The molecule has 0 aliphatic heterocycles. The molecular weight excluding hydrogens is 330 g/mol. The monoisotopic (exact) mass is 355 g/mol. The number of benzene rings is 1. The Bertz CT molecular complexity index is 550. The summed E-state index contributed by atoms with van der Waals surface area (Å²) < 4.78 is 0. The molecule has 1 aliphatic rings. The number of amides is 1. The molecule has 0 aromatic heterocycles. The summed E-state index contributed by atoms with van der Waals surface area (Å²) in [6.07, 6.45) is 4.65. The van der Waals surface area contributed by atoms with Crippen LogP contribution in [0, 0.1) is 12.8 Å². The van der Waals surface area contributed by atoms with Crippen LogP contribution >= 0.6 is 11.6 Å². The molecule has 3 N–H and O–H groups in total. The Balaban J connectivity index is 0.000000648. The molecule has 0 unspecified atom stereocenters. The number of rotatable bonds is 4. The molecule has 1 amide bonds. The predicted molar refractivity (Wildman–Crippen MR) is 94.7 cm³/mol. The zero-order chi connectivity index (χ0) is 18.1. The van der Waals surface area contributed by atoms with E-state index in [1.165, 1.54) is 19.3 Å². The van der Waals surface area contributed by atoms with Gasteiger partial charge in [0.25, 0.3) is 0 Å². The Hall–Kier alpha value is -1.75. The van der Waals surface area contributed by atoms with Gasteiger partial charge in [-0.2, -0.15) is 0 Å². The first-order valence-corrected chi connectivity index (χ1v) is 8.65. The van der Waals surface area contributed by atoms with Crippen molar-refractivity contribution in [2.24, 2.45) is 5.92 Å². The molecule has 6 heteroatoms. The van der Waals surface area contributed by atoms with E-state index in [0.29, 0.717) is 12.5 Å². The lowest BCUT2D eigenvalue weighted by Crippen LogP contribution is -2.38. The number of carboxylic acid groups (broad SMARTS) is 2. The van der Waals surface area contributed by atoms with Gasteiger partial charge in [-0.25, -0.2) is 4.79 Å². The smallest absolute Gasteiger partial charge is 0.450 e. The van der Waals surface area contributed by atoms with Gasteiger partial charge in [0.15, 0.2) is 0 Å². The first kappa shape index (κ1) is 20.3.